The zero-order valence-corrected chi connectivity index (χ0v) is 18.6. The van der Waals surface area contributed by atoms with Crippen LogP contribution in [0.3, 0.4) is 0 Å². The van der Waals surface area contributed by atoms with Crippen molar-refractivity contribution in [1.29, 1.82) is 0 Å². The van der Waals surface area contributed by atoms with Crippen LogP contribution in [0.2, 0.25) is 0 Å². The fraction of sp³-hybridized carbons (Fsp3) is 0.333. The Bertz CT molecular complexity index is 1240. The van der Waals surface area contributed by atoms with Crippen LogP contribution in [0.5, 0.6) is 5.75 Å². The first-order valence-electron chi connectivity index (χ1n) is 11.5. The molecule has 2 aromatic heterocycles. The lowest BCUT2D eigenvalue weighted by Crippen LogP contribution is -2.32. The Morgan fingerprint density at radius 2 is 2.06 bits per heavy atom. The molecule has 0 radical (unpaired) electrons. The summed E-state index contributed by atoms with van der Waals surface area (Å²) in [7, 11) is 3.20. The summed E-state index contributed by atoms with van der Waals surface area (Å²) >= 11 is 0. The highest BCUT2D eigenvalue weighted by Crippen LogP contribution is 2.37. The minimum absolute atomic E-state index is 0.0331. The highest BCUT2D eigenvalue weighted by molar-refractivity contribution is 5.99. The van der Waals surface area contributed by atoms with E-state index in [1.807, 2.05) is 19.2 Å². The molecule has 0 aliphatic rings. The van der Waals surface area contributed by atoms with Gasteiger partial charge in [0.05, 0.1) is 24.0 Å². The van der Waals surface area contributed by atoms with Gasteiger partial charge in [0.1, 0.15) is 6.33 Å². The summed E-state index contributed by atoms with van der Waals surface area (Å²) < 4.78 is 29.1. The van der Waals surface area contributed by atoms with Crippen LogP contribution in [0.15, 0.2) is 30.6 Å². The second kappa shape index (κ2) is 10.4. The van der Waals surface area contributed by atoms with E-state index in [2.05, 4.69) is 36.2 Å². The third-order valence-electron chi connectivity index (χ3n) is 4.36. The number of amides is 3. The maximum Gasteiger partial charge on any atom is 0.320 e. The van der Waals surface area contributed by atoms with Crippen LogP contribution in [0.4, 0.5) is 22.0 Å². The number of aromatic nitrogens is 5. The highest BCUT2D eigenvalue weighted by Gasteiger charge is 2.19. The number of rotatable bonds is 8. The first-order chi connectivity index (χ1) is 17.0. The van der Waals surface area contributed by atoms with Gasteiger partial charge in [0.15, 0.2) is 23.1 Å². The number of hydrogen-bond acceptors (Lipinski definition) is 8. The molecule has 0 fully saturated rings. The van der Waals surface area contributed by atoms with E-state index in [1.165, 1.54) is 13.2 Å². The lowest BCUT2D eigenvalue weighted by atomic mass is 10.1. The molecule has 174 valence electrons. The van der Waals surface area contributed by atoms with Gasteiger partial charge in [0.2, 0.25) is 0 Å². The van der Waals surface area contributed by atoms with E-state index in [0.717, 1.165) is 0 Å². The number of urea groups is 1. The number of carbonyl (C=O) groups is 2. The Hall–Kier alpha value is -4.22. The number of para-hydroxylation sites is 1. The minimum atomic E-state index is -2.74. The van der Waals surface area contributed by atoms with Crippen LogP contribution >= 0.6 is 0 Å². The SMILES string of the molecule is [2H]C([2H])([2H])NC(=O)c1nnc(NC(=O)NCC(C)C)cc1Nc1cccc(-c2ncn(C)n2)c1OC. The molecule has 3 aromatic rings. The first-order valence-corrected chi connectivity index (χ1v) is 10.0. The lowest BCUT2D eigenvalue weighted by Gasteiger charge is -2.16. The number of aryl methyl sites for hydroxylation is 1. The molecule has 0 bridgehead atoms. The van der Waals surface area contributed by atoms with Gasteiger partial charge in [0.25, 0.3) is 5.91 Å². The highest BCUT2D eigenvalue weighted by atomic mass is 16.5. The molecule has 0 spiro atoms. The van der Waals surface area contributed by atoms with E-state index in [1.54, 1.807) is 36.3 Å². The normalized spacial score (nSPS) is 12.3. The van der Waals surface area contributed by atoms with E-state index >= 15 is 0 Å². The van der Waals surface area contributed by atoms with Gasteiger partial charge in [-0.15, -0.1) is 10.2 Å². The van der Waals surface area contributed by atoms with Crippen molar-refractivity contribution in [1.82, 2.24) is 35.6 Å². The van der Waals surface area contributed by atoms with Crippen LogP contribution < -0.4 is 26.0 Å². The Kier molecular flexibility index (Phi) is 6.13. The van der Waals surface area contributed by atoms with Crippen molar-refractivity contribution >= 4 is 29.1 Å². The fourth-order valence-electron chi connectivity index (χ4n) is 2.87. The Morgan fingerprint density at radius 1 is 1.24 bits per heavy atom. The number of anilines is 3. The number of hydrogen-bond donors (Lipinski definition) is 4. The lowest BCUT2D eigenvalue weighted by molar-refractivity contribution is 0.0958. The molecule has 0 saturated carbocycles. The number of nitrogens with one attached hydrogen (secondary N) is 4. The van der Waals surface area contributed by atoms with Gasteiger partial charge < -0.3 is 20.7 Å². The first kappa shape index (κ1) is 19.5. The standard InChI is InChI=1S/C21H27N9O3/c1-12(2)10-23-21(32)26-16-9-15(17(28-27-16)20(31)22-3)25-14-8-6-7-13(18(14)33-5)19-24-11-30(4)29-19/h6-9,11-12H,10H2,1-5H3,(H,22,31)(H3,23,25,26,27,32)/i3D3. The topological polar surface area (TPSA) is 148 Å². The zero-order chi connectivity index (χ0) is 26.5. The number of benzene rings is 1. The van der Waals surface area contributed by atoms with Crippen LogP contribution in [-0.2, 0) is 7.05 Å². The van der Waals surface area contributed by atoms with Gasteiger partial charge in [-0.1, -0.05) is 19.9 Å². The average Bonchev–Trinajstić information content (AvgIpc) is 3.22. The number of methoxy groups -OCH3 is 1. The summed E-state index contributed by atoms with van der Waals surface area (Å²) in [6, 6.07) is 6.02. The monoisotopic (exact) mass is 456 g/mol. The number of nitrogens with zero attached hydrogens (tertiary/aromatic N) is 5. The van der Waals surface area contributed by atoms with Crippen molar-refractivity contribution in [3.8, 4) is 17.1 Å². The van der Waals surface area contributed by atoms with Crippen molar-refractivity contribution in [2.45, 2.75) is 13.8 Å². The predicted molar refractivity (Wildman–Crippen MR) is 124 cm³/mol. The minimum Gasteiger partial charge on any atom is -0.494 e. The van der Waals surface area contributed by atoms with E-state index in [4.69, 9.17) is 8.85 Å². The van der Waals surface area contributed by atoms with Crippen molar-refractivity contribution in [3.05, 3.63) is 36.3 Å². The van der Waals surface area contributed by atoms with Crippen LogP contribution in [0.25, 0.3) is 11.4 Å². The molecule has 0 aliphatic carbocycles. The molecule has 1 aromatic carbocycles. The van der Waals surface area contributed by atoms with E-state index in [-0.39, 0.29) is 23.1 Å². The van der Waals surface area contributed by atoms with Crippen LogP contribution in [-0.4, -0.2) is 57.5 Å². The van der Waals surface area contributed by atoms with Gasteiger partial charge in [0, 0.05) is 30.7 Å². The maximum absolute atomic E-state index is 12.7. The van der Waals surface area contributed by atoms with Crippen LogP contribution in [0, 0.1) is 5.92 Å². The van der Waals surface area contributed by atoms with Gasteiger partial charge in [-0.05, 0) is 18.1 Å². The molecule has 0 saturated heterocycles. The molecule has 2 heterocycles. The van der Waals surface area contributed by atoms with Crippen molar-refractivity contribution in [3.63, 3.8) is 0 Å². The van der Waals surface area contributed by atoms with Gasteiger partial charge in [-0.3, -0.25) is 14.8 Å². The summed E-state index contributed by atoms with van der Waals surface area (Å²) in [5.74, 6) is 0.0636. The quantitative estimate of drug-likeness (QED) is 0.403. The summed E-state index contributed by atoms with van der Waals surface area (Å²) in [6.45, 7) is 1.59. The molecular formula is C21H27N9O3. The van der Waals surface area contributed by atoms with Gasteiger partial charge >= 0.3 is 6.03 Å². The molecule has 33 heavy (non-hydrogen) atoms. The smallest absolute Gasteiger partial charge is 0.320 e. The molecule has 0 aliphatic heterocycles. The van der Waals surface area contributed by atoms with Crippen molar-refractivity contribution in [2.24, 2.45) is 13.0 Å². The largest absolute Gasteiger partial charge is 0.494 e. The van der Waals surface area contributed by atoms with Gasteiger partial charge in [-0.25, -0.2) is 9.78 Å². The zero-order valence-electron chi connectivity index (χ0n) is 21.6. The second-order valence-electron chi connectivity index (χ2n) is 7.43. The molecule has 12 heteroatoms. The third-order valence-corrected chi connectivity index (χ3v) is 4.36. The molecule has 3 rings (SSSR count). The van der Waals surface area contributed by atoms with Crippen LogP contribution in [0.1, 0.15) is 28.4 Å². The molecule has 3 amide bonds. The Balaban J connectivity index is 2.00. The third kappa shape index (κ3) is 5.73. The Labute approximate surface area is 195 Å². The van der Waals surface area contributed by atoms with E-state index < -0.39 is 18.9 Å². The maximum atomic E-state index is 12.7. The summed E-state index contributed by atoms with van der Waals surface area (Å²) in [5.41, 5.74) is 0.761. The molecule has 4 N–H and O–H groups in total. The Morgan fingerprint density at radius 3 is 2.73 bits per heavy atom. The average molecular weight is 457 g/mol. The summed E-state index contributed by atoms with van der Waals surface area (Å²) in [5, 5.41) is 22.2. The predicted octanol–water partition coefficient (Wildman–Crippen LogP) is 2.16. The van der Waals surface area contributed by atoms with E-state index in [0.29, 0.717) is 29.4 Å². The summed E-state index contributed by atoms with van der Waals surface area (Å²) in [4.78, 5) is 29.1. The molecular weight excluding hydrogens is 426 g/mol. The number of carbonyl (C=O) groups excluding carboxylic acids is 2. The molecule has 0 unspecified atom stereocenters. The van der Waals surface area contributed by atoms with Crippen molar-refractivity contribution in [2.75, 3.05) is 31.3 Å². The second-order valence-corrected chi connectivity index (χ2v) is 7.43. The number of ether oxygens (including phenoxy) is 1. The van der Waals surface area contributed by atoms with Gasteiger partial charge in [-0.2, -0.15) is 5.10 Å². The van der Waals surface area contributed by atoms with Crippen molar-refractivity contribution < 1.29 is 18.4 Å². The molecule has 12 nitrogen and oxygen atoms in total. The van der Waals surface area contributed by atoms with E-state index in [9.17, 15) is 9.59 Å². The molecule has 0 atom stereocenters. The summed E-state index contributed by atoms with van der Waals surface area (Å²) in [6.07, 6.45) is 1.54. The fourth-order valence-corrected chi connectivity index (χ4v) is 2.87.